The zero-order valence-corrected chi connectivity index (χ0v) is 10.5. The Labute approximate surface area is 113 Å². The van der Waals surface area contributed by atoms with Crippen LogP contribution in [0.1, 0.15) is 0 Å². The van der Waals surface area contributed by atoms with Crippen molar-refractivity contribution >= 4 is 40.9 Å². The first-order valence-corrected chi connectivity index (χ1v) is 5.56. The maximum absolute atomic E-state index is 11.5. The molecule has 0 aliphatic heterocycles. The number of nitrogens with one attached hydrogen (secondary N) is 2. The fourth-order valence-electron chi connectivity index (χ4n) is 1.11. The number of anilines is 1. The Bertz CT molecular complexity index is 447. The number of carbonyl (C=O) groups is 2. The SMILES string of the molecule is O=C(Nc1c(Cl)cccc1Cl)NC(CO)C(=O)O. The lowest BCUT2D eigenvalue weighted by Gasteiger charge is -2.14. The molecule has 2 amide bonds. The van der Waals surface area contributed by atoms with Crippen molar-refractivity contribution in [2.24, 2.45) is 0 Å². The number of para-hydroxylation sites is 1. The molecular weight excluding hydrogens is 283 g/mol. The number of aliphatic carboxylic acids is 1. The molecule has 0 aliphatic rings. The van der Waals surface area contributed by atoms with Gasteiger partial charge >= 0.3 is 12.0 Å². The molecule has 0 saturated carbocycles. The van der Waals surface area contributed by atoms with Gasteiger partial charge in [-0.1, -0.05) is 29.3 Å². The average molecular weight is 293 g/mol. The van der Waals surface area contributed by atoms with Crippen LogP contribution >= 0.6 is 23.2 Å². The molecule has 0 fully saturated rings. The number of carbonyl (C=O) groups excluding carboxylic acids is 1. The van der Waals surface area contributed by atoms with Crippen LogP contribution in [0.25, 0.3) is 0 Å². The number of aliphatic hydroxyl groups is 1. The number of amides is 2. The number of aliphatic hydroxyl groups excluding tert-OH is 1. The van der Waals surface area contributed by atoms with E-state index in [0.29, 0.717) is 0 Å². The number of hydrogen-bond donors (Lipinski definition) is 4. The fraction of sp³-hybridized carbons (Fsp3) is 0.200. The third kappa shape index (κ3) is 3.76. The monoisotopic (exact) mass is 292 g/mol. The third-order valence-corrected chi connectivity index (χ3v) is 2.62. The molecule has 0 bridgehead atoms. The van der Waals surface area contributed by atoms with Gasteiger partial charge in [0.15, 0.2) is 6.04 Å². The molecule has 4 N–H and O–H groups in total. The molecule has 6 nitrogen and oxygen atoms in total. The van der Waals surface area contributed by atoms with Crippen molar-refractivity contribution in [2.45, 2.75) is 6.04 Å². The maximum Gasteiger partial charge on any atom is 0.328 e. The van der Waals surface area contributed by atoms with Gasteiger partial charge in [-0.15, -0.1) is 0 Å². The van der Waals surface area contributed by atoms with Crippen LogP contribution in [0.3, 0.4) is 0 Å². The average Bonchev–Trinajstić information content (AvgIpc) is 2.30. The standard InChI is InChI=1S/C10H10Cl2N2O4/c11-5-2-1-3-6(12)8(5)14-10(18)13-7(4-15)9(16)17/h1-3,7,15H,4H2,(H,16,17)(H2,13,14,18). The second-order valence-electron chi connectivity index (χ2n) is 3.27. The van der Waals surface area contributed by atoms with Gasteiger partial charge in [0.2, 0.25) is 0 Å². The van der Waals surface area contributed by atoms with Crippen molar-refractivity contribution in [3.63, 3.8) is 0 Å². The van der Waals surface area contributed by atoms with Crippen LogP contribution in [0.2, 0.25) is 10.0 Å². The summed E-state index contributed by atoms with van der Waals surface area (Å²) in [6, 6.07) is 2.41. The topological polar surface area (TPSA) is 98.7 Å². The highest BCUT2D eigenvalue weighted by Crippen LogP contribution is 2.29. The number of carboxylic acids is 1. The van der Waals surface area contributed by atoms with Gasteiger partial charge in [-0.3, -0.25) is 0 Å². The van der Waals surface area contributed by atoms with Crippen molar-refractivity contribution in [3.05, 3.63) is 28.2 Å². The summed E-state index contributed by atoms with van der Waals surface area (Å²) in [5.74, 6) is -1.35. The molecule has 0 aromatic heterocycles. The molecular formula is C10H10Cl2N2O4. The Balaban J connectivity index is 2.73. The van der Waals surface area contributed by atoms with E-state index in [1.54, 1.807) is 6.07 Å². The molecule has 1 atom stereocenters. The summed E-state index contributed by atoms with van der Waals surface area (Å²) < 4.78 is 0. The zero-order valence-electron chi connectivity index (χ0n) is 8.98. The van der Waals surface area contributed by atoms with Crippen LogP contribution in [0.4, 0.5) is 10.5 Å². The molecule has 0 radical (unpaired) electrons. The summed E-state index contributed by atoms with van der Waals surface area (Å²) in [5.41, 5.74) is 0.167. The predicted octanol–water partition coefficient (Wildman–Crippen LogP) is 1.56. The summed E-state index contributed by atoms with van der Waals surface area (Å²) in [7, 11) is 0. The van der Waals surface area contributed by atoms with Crippen LogP contribution in [0.15, 0.2) is 18.2 Å². The second-order valence-corrected chi connectivity index (χ2v) is 4.08. The molecule has 98 valence electrons. The van der Waals surface area contributed by atoms with Gasteiger partial charge < -0.3 is 20.8 Å². The van der Waals surface area contributed by atoms with Crippen LogP contribution in [-0.2, 0) is 4.79 Å². The first-order valence-electron chi connectivity index (χ1n) is 4.81. The highest BCUT2D eigenvalue weighted by atomic mass is 35.5. The highest BCUT2D eigenvalue weighted by molar-refractivity contribution is 6.39. The largest absolute Gasteiger partial charge is 0.480 e. The molecule has 0 heterocycles. The molecule has 0 saturated heterocycles. The quantitative estimate of drug-likeness (QED) is 0.677. The van der Waals surface area contributed by atoms with E-state index < -0.39 is 24.6 Å². The van der Waals surface area contributed by atoms with Gasteiger partial charge in [-0.25, -0.2) is 9.59 Å². The minimum Gasteiger partial charge on any atom is -0.480 e. The van der Waals surface area contributed by atoms with Gasteiger partial charge in [0.1, 0.15) is 0 Å². The molecule has 18 heavy (non-hydrogen) atoms. The van der Waals surface area contributed by atoms with E-state index in [9.17, 15) is 9.59 Å². The minimum absolute atomic E-state index is 0.167. The molecule has 1 aromatic carbocycles. The summed E-state index contributed by atoms with van der Waals surface area (Å²) in [6.45, 7) is -0.723. The van der Waals surface area contributed by atoms with E-state index in [0.717, 1.165) is 0 Å². The van der Waals surface area contributed by atoms with Gasteiger partial charge in [-0.2, -0.15) is 0 Å². The van der Waals surface area contributed by atoms with Crippen LogP contribution in [0, 0.1) is 0 Å². The summed E-state index contributed by atoms with van der Waals surface area (Å²) in [4.78, 5) is 22.1. The van der Waals surface area contributed by atoms with Crippen LogP contribution < -0.4 is 10.6 Å². The van der Waals surface area contributed by atoms with Crippen molar-refractivity contribution in [2.75, 3.05) is 11.9 Å². The molecule has 1 aromatic rings. The van der Waals surface area contributed by atoms with E-state index in [1.165, 1.54) is 12.1 Å². The second kappa shape index (κ2) is 6.44. The van der Waals surface area contributed by atoms with Gasteiger partial charge in [0.05, 0.1) is 22.3 Å². The number of hydrogen-bond acceptors (Lipinski definition) is 3. The van der Waals surface area contributed by atoms with E-state index >= 15 is 0 Å². The molecule has 0 aliphatic carbocycles. The van der Waals surface area contributed by atoms with Crippen LogP contribution in [0.5, 0.6) is 0 Å². The van der Waals surface area contributed by atoms with E-state index in [-0.39, 0.29) is 15.7 Å². The van der Waals surface area contributed by atoms with E-state index in [1.807, 2.05) is 0 Å². The zero-order chi connectivity index (χ0) is 13.7. The Morgan fingerprint density at radius 2 is 1.83 bits per heavy atom. The van der Waals surface area contributed by atoms with Crippen molar-refractivity contribution in [1.29, 1.82) is 0 Å². The molecule has 8 heteroatoms. The lowest BCUT2D eigenvalue weighted by atomic mass is 10.3. The molecule has 1 unspecified atom stereocenters. The summed E-state index contributed by atoms with van der Waals surface area (Å²) >= 11 is 11.6. The van der Waals surface area contributed by atoms with Gasteiger partial charge in [-0.05, 0) is 12.1 Å². The summed E-state index contributed by atoms with van der Waals surface area (Å²) in [6.07, 6.45) is 0. The smallest absolute Gasteiger partial charge is 0.328 e. The first-order chi connectivity index (χ1) is 8.45. The highest BCUT2D eigenvalue weighted by Gasteiger charge is 2.19. The number of halogens is 2. The number of carboxylic acid groups (broad SMARTS) is 1. The number of urea groups is 1. The third-order valence-electron chi connectivity index (χ3n) is 1.99. The lowest BCUT2D eigenvalue weighted by molar-refractivity contribution is -0.140. The Hall–Kier alpha value is -1.50. The lowest BCUT2D eigenvalue weighted by Crippen LogP contribution is -2.45. The van der Waals surface area contributed by atoms with E-state index in [2.05, 4.69) is 10.6 Å². The first kappa shape index (κ1) is 14.6. The van der Waals surface area contributed by atoms with Crippen molar-refractivity contribution in [3.8, 4) is 0 Å². The van der Waals surface area contributed by atoms with Gasteiger partial charge in [0, 0.05) is 0 Å². The summed E-state index contributed by atoms with van der Waals surface area (Å²) in [5, 5.41) is 22.2. The molecule has 0 spiro atoms. The molecule has 1 rings (SSSR count). The van der Waals surface area contributed by atoms with Crippen molar-refractivity contribution < 1.29 is 19.8 Å². The Morgan fingerprint density at radius 1 is 1.28 bits per heavy atom. The van der Waals surface area contributed by atoms with Gasteiger partial charge in [0.25, 0.3) is 0 Å². The van der Waals surface area contributed by atoms with Crippen LogP contribution in [-0.4, -0.2) is 34.9 Å². The fourth-order valence-corrected chi connectivity index (χ4v) is 1.60. The maximum atomic E-state index is 11.5. The Kier molecular flexibility index (Phi) is 5.21. The normalized spacial score (nSPS) is 11.7. The number of benzene rings is 1. The van der Waals surface area contributed by atoms with Crippen molar-refractivity contribution in [1.82, 2.24) is 5.32 Å². The minimum atomic E-state index is -1.40. The predicted molar refractivity (Wildman–Crippen MR) is 67.1 cm³/mol. The number of rotatable bonds is 4. The van der Waals surface area contributed by atoms with E-state index in [4.69, 9.17) is 33.4 Å². The Morgan fingerprint density at radius 3 is 2.28 bits per heavy atom.